The van der Waals surface area contributed by atoms with Gasteiger partial charge in [-0.2, -0.15) is 0 Å². The summed E-state index contributed by atoms with van der Waals surface area (Å²) in [6.07, 6.45) is 1.40. The molecule has 200 valence electrons. The van der Waals surface area contributed by atoms with Gasteiger partial charge in [0.15, 0.2) is 5.96 Å². The molecule has 1 aliphatic heterocycles. The minimum Gasteiger partial charge on any atom is -0.494 e. The van der Waals surface area contributed by atoms with Crippen molar-refractivity contribution >= 4 is 75.4 Å². The number of pyridine rings is 1. The minimum absolute atomic E-state index is 0.0487. The molecule has 1 saturated heterocycles. The summed E-state index contributed by atoms with van der Waals surface area (Å²) in [6.45, 7) is 2.10. The summed E-state index contributed by atoms with van der Waals surface area (Å²) in [5, 5.41) is 20.4. The third-order valence-electron chi connectivity index (χ3n) is 5.43. The third kappa shape index (κ3) is 6.48. The first kappa shape index (κ1) is 27.9. The molecule has 0 aliphatic carbocycles. The molecule has 0 bridgehead atoms. The smallest absolute Gasteiger partial charge is 0.267 e. The number of rotatable bonds is 9. The van der Waals surface area contributed by atoms with Gasteiger partial charge in [0.1, 0.15) is 16.4 Å². The fourth-order valence-electron chi connectivity index (χ4n) is 3.69. The van der Waals surface area contributed by atoms with Crippen LogP contribution < -0.4 is 20.7 Å². The fraction of sp³-hybridized carbons (Fsp3) is 0.250. The van der Waals surface area contributed by atoms with Crippen molar-refractivity contribution in [3.63, 3.8) is 0 Å². The standard InChI is InChI=1S/C24H23Cl3N6O4S/c1-37-17-9-15(26)8-16(22(35)31-18-3-2-14(25)10-30-18)20(17)32-23(36)21-19(27)13(12-38-21)11-33-6-4-28-24(33)29-5-7-34/h2-3,8-10,12,34H,4-7,11H2,1H3,(H,28,29)(H,32,36)(H,30,31,35). The van der Waals surface area contributed by atoms with Gasteiger partial charge in [0.25, 0.3) is 11.8 Å². The number of aliphatic imine (C=N–C) groups is 1. The summed E-state index contributed by atoms with van der Waals surface area (Å²) in [5.74, 6) is 0.0501. The molecule has 1 fully saturated rings. The highest BCUT2D eigenvalue weighted by Crippen LogP contribution is 2.35. The number of hydrogen-bond acceptors (Lipinski definition) is 7. The highest BCUT2D eigenvalue weighted by atomic mass is 35.5. The number of ether oxygens (including phenoxy) is 1. The summed E-state index contributed by atoms with van der Waals surface area (Å²) in [7, 11) is 1.40. The maximum absolute atomic E-state index is 13.3. The number of aromatic nitrogens is 1. The minimum atomic E-state index is -0.565. The first-order valence-corrected chi connectivity index (χ1v) is 13.3. The molecule has 1 aromatic carbocycles. The van der Waals surface area contributed by atoms with Crippen LogP contribution in [-0.2, 0) is 6.54 Å². The van der Waals surface area contributed by atoms with Crippen molar-refractivity contribution in [2.45, 2.75) is 6.54 Å². The molecule has 2 amide bonds. The number of anilines is 2. The molecule has 0 unspecified atom stereocenters. The number of benzene rings is 1. The van der Waals surface area contributed by atoms with Crippen molar-refractivity contribution < 1.29 is 19.4 Å². The lowest BCUT2D eigenvalue weighted by molar-refractivity contribution is 0.102. The molecular weight excluding hydrogens is 575 g/mol. The monoisotopic (exact) mass is 596 g/mol. The van der Waals surface area contributed by atoms with Crippen LogP contribution in [0.4, 0.5) is 11.5 Å². The van der Waals surface area contributed by atoms with E-state index in [1.165, 1.54) is 36.8 Å². The molecule has 3 heterocycles. The van der Waals surface area contributed by atoms with Crippen molar-refractivity contribution in [3.05, 3.63) is 66.9 Å². The number of methoxy groups -OCH3 is 1. The van der Waals surface area contributed by atoms with Gasteiger partial charge >= 0.3 is 0 Å². The van der Waals surface area contributed by atoms with E-state index >= 15 is 0 Å². The summed E-state index contributed by atoms with van der Waals surface area (Å²) in [6, 6.07) is 6.04. The normalized spacial score (nSPS) is 13.9. The zero-order valence-corrected chi connectivity index (χ0v) is 23.1. The number of carbonyl (C=O) groups is 2. The van der Waals surface area contributed by atoms with Crippen molar-refractivity contribution in [1.29, 1.82) is 0 Å². The van der Waals surface area contributed by atoms with Gasteiger partial charge in [-0.15, -0.1) is 11.3 Å². The van der Waals surface area contributed by atoms with Gasteiger partial charge in [0, 0.05) is 42.5 Å². The van der Waals surface area contributed by atoms with Gasteiger partial charge in [-0.1, -0.05) is 34.8 Å². The Labute approximate surface area is 237 Å². The summed E-state index contributed by atoms with van der Waals surface area (Å²) < 4.78 is 5.40. The zero-order valence-electron chi connectivity index (χ0n) is 20.1. The van der Waals surface area contributed by atoms with Crippen molar-refractivity contribution in [3.8, 4) is 5.75 Å². The Morgan fingerprint density at radius 2 is 2.03 bits per heavy atom. The Hall–Kier alpha value is -3.09. The van der Waals surface area contributed by atoms with E-state index in [0.717, 1.165) is 5.56 Å². The summed E-state index contributed by atoms with van der Waals surface area (Å²) in [5.41, 5.74) is 0.943. The van der Waals surface area contributed by atoms with E-state index in [-0.39, 0.29) is 45.9 Å². The van der Waals surface area contributed by atoms with Crippen LogP contribution in [0.3, 0.4) is 0 Å². The number of hydrogen-bond donors (Lipinski definition) is 4. The van der Waals surface area contributed by atoms with E-state index in [1.54, 1.807) is 17.5 Å². The SMILES string of the molecule is COc1cc(Cl)cc(C(=O)Nc2ccc(Cl)cn2)c1NC(=O)c1scc(CN2CCNC2=NCCO)c1Cl. The molecule has 0 atom stereocenters. The third-order valence-corrected chi connectivity index (χ3v) is 7.45. The second-order valence-corrected chi connectivity index (χ2v) is 10.1. The Morgan fingerprint density at radius 1 is 1.21 bits per heavy atom. The molecular formula is C24H23Cl3N6O4S. The van der Waals surface area contributed by atoms with E-state index in [9.17, 15) is 9.59 Å². The van der Waals surface area contributed by atoms with Crippen LogP contribution in [0, 0.1) is 0 Å². The Balaban J connectivity index is 1.56. The molecule has 2 aromatic heterocycles. The molecule has 38 heavy (non-hydrogen) atoms. The van der Waals surface area contributed by atoms with Crippen LogP contribution in [0.1, 0.15) is 25.6 Å². The lowest BCUT2D eigenvalue weighted by Gasteiger charge is -2.17. The van der Waals surface area contributed by atoms with Crippen LogP contribution in [-0.4, -0.2) is 66.1 Å². The predicted octanol–water partition coefficient (Wildman–Crippen LogP) is 4.37. The van der Waals surface area contributed by atoms with E-state index < -0.39 is 11.8 Å². The number of aliphatic hydroxyl groups excluding tert-OH is 1. The molecule has 0 radical (unpaired) electrons. The first-order chi connectivity index (χ1) is 18.3. The number of aliphatic hydroxyl groups is 1. The molecule has 0 saturated carbocycles. The highest BCUT2D eigenvalue weighted by Gasteiger charge is 2.25. The van der Waals surface area contributed by atoms with Crippen molar-refractivity contribution in [2.24, 2.45) is 4.99 Å². The molecule has 1 aliphatic rings. The van der Waals surface area contributed by atoms with Gasteiger partial charge in [0.2, 0.25) is 0 Å². The van der Waals surface area contributed by atoms with Crippen LogP contribution in [0.5, 0.6) is 5.75 Å². The molecule has 14 heteroatoms. The lowest BCUT2D eigenvalue weighted by Crippen LogP contribution is -2.30. The number of halogens is 3. The number of carbonyl (C=O) groups excluding carboxylic acids is 2. The maximum atomic E-state index is 13.3. The predicted molar refractivity (Wildman–Crippen MR) is 150 cm³/mol. The summed E-state index contributed by atoms with van der Waals surface area (Å²) >= 11 is 19.9. The molecule has 3 aromatic rings. The number of guanidine groups is 1. The number of nitrogens with one attached hydrogen (secondary N) is 3. The van der Waals surface area contributed by atoms with Crippen LogP contribution in [0.15, 0.2) is 40.8 Å². The highest BCUT2D eigenvalue weighted by molar-refractivity contribution is 7.13. The number of thiophene rings is 1. The Morgan fingerprint density at radius 3 is 2.74 bits per heavy atom. The van der Waals surface area contributed by atoms with E-state index in [0.29, 0.717) is 35.6 Å². The topological polar surface area (TPSA) is 128 Å². The average molecular weight is 598 g/mol. The van der Waals surface area contributed by atoms with Gasteiger partial charge < -0.3 is 30.7 Å². The van der Waals surface area contributed by atoms with E-state index in [2.05, 4.69) is 25.9 Å². The molecule has 4 rings (SSSR count). The van der Waals surface area contributed by atoms with Crippen molar-refractivity contribution in [2.75, 3.05) is 44.0 Å². The van der Waals surface area contributed by atoms with Crippen LogP contribution in [0.25, 0.3) is 0 Å². The average Bonchev–Trinajstić information content (AvgIpc) is 3.50. The lowest BCUT2D eigenvalue weighted by atomic mass is 10.1. The first-order valence-electron chi connectivity index (χ1n) is 11.3. The van der Waals surface area contributed by atoms with Crippen LogP contribution >= 0.6 is 46.1 Å². The zero-order chi connectivity index (χ0) is 27.2. The van der Waals surface area contributed by atoms with Gasteiger partial charge in [-0.05, 0) is 23.6 Å². The number of amides is 2. The number of nitrogens with zero attached hydrogens (tertiary/aromatic N) is 3. The van der Waals surface area contributed by atoms with E-state index in [4.69, 9.17) is 44.6 Å². The van der Waals surface area contributed by atoms with Gasteiger partial charge in [-0.25, -0.2) is 4.98 Å². The quantitative estimate of drug-likeness (QED) is 0.288. The fourth-order valence-corrected chi connectivity index (χ4v) is 5.25. The van der Waals surface area contributed by atoms with Gasteiger partial charge in [0.05, 0.1) is 41.6 Å². The molecule has 4 N–H and O–H groups in total. The Kier molecular flexibility index (Phi) is 9.29. The largest absolute Gasteiger partial charge is 0.494 e. The van der Waals surface area contributed by atoms with Crippen molar-refractivity contribution in [1.82, 2.24) is 15.2 Å². The second-order valence-electron chi connectivity index (χ2n) is 7.98. The Bertz CT molecular complexity index is 1370. The summed E-state index contributed by atoms with van der Waals surface area (Å²) in [4.78, 5) is 37.1. The molecule has 0 spiro atoms. The van der Waals surface area contributed by atoms with E-state index in [1.807, 2.05) is 4.90 Å². The van der Waals surface area contributed by atoms with Crippen LogP contribution in [0.2, 0.25) is 15.1 Å². The second kappa shape index (κ2) is 12.6. The van der Waals surface area contributed by atoms with Gasteiger partial charge in [-0.3, -0.25) is 14.6 Å². The maximum Gasteiger partial charge on any atom is 0.267 e. The molecule has 10 nitrogen and oxygen atoms in total.